The molecule has 0 unspecified atom stereocenters. The molecular formula is C24H30N2S. The maximum absolute atomic E-state index is 5.30. The summed E-state index contributed by atoms with van der Waals surface area (Å²) in [6, 6.07) is 17.2. The summed E-state index contributed by atoms with van der Waals surface area (Å²) in [5.74, 6) is 1.99. The molecule has 0 saturated carbocycles. The van der Waals surface area contributed by atoms with E-state index in [-0.39, 0.29) is 0 Å². The zero-order valence-corrected chi connectivity index (χ0v) is 17.7. The van der Waals surface area contributed by atoms with E-state index in [4.69, 9.17) is 9.98 Å². The van der Waals surface area contributed by atoms with Crippen LogP contribution in [0.5, 0.6) is 0 Å². The molecule has 0 radical (unpaired) electrons. The first-order chi connectivity index (χ1) is 13.1. The third kappa shape index (κ3) is 4.90. The van der Waals surface area contributed by atoms with Crippen LogP contribution in [0.1, 0.15) is 69.1 Å². The van der Waals surface area contributed by atoms with Crippen LogP contribution in [0.4, 0.5) is 5.69 Å². The van der Waals surface area contributed by atoms with Gasteiger partial charge in [0.2, 0.25) is 0 Å². The maximum atomic E-state index is 5.30. The highest BCUT2D eigenvalue weighted by Crippen LogP contribution is 2.35. The van der Waals surface area contributed by atoms with E-state index in [0.717, 1.165) is 34.3 Å². The van der Waals surface area contributed by atoms with Crippen molar-refractivity contribution in [2.24, 2.45) is 9.98 Å². The van der Waals surface area contributed by atoms with Gasteiger partial charge in [-0.15, -0.1) is 11.8 Å². The number of para-hydroxylation sites is 1. The van der Waals surface area contributed by atoms with Crippen LogP contribution >= 0.6 is 11.8 Å². The SMILES string of the molecule is CC(C)c1cccc(C(C)C)c1N=C(C1=NCCCCS1)c1ccccc1. The maximum Gasteiger partial charge on any atom is 0.117 e. The molecule has 3 heteroatoms. The van der Waals surface area contributed by atoms with Gasteiger partial charge in [0.15, 0.2) is 0 Å². The monoisotopic (exact) mass is 378 g/mol. The van der Waals surface area contributed by atoms with Crippen molar-refractivity contribution >= 4 is 28.2 Å². The second-order valence-electron chi connectivity index (χ2n) is 7.66. The highest BCUT2D eigenvalue weighted by atomic mass is 32.2. The molecule has 0 bridgehead atoms. The third-order valence-corrected chi connectivity index (χ3v) is 5.95. The van der Waals surface area contributed by atoms with Crippen molar-refractivity contribution < 1.29 is 0 Å². The molecule has 1 aliphatic heterocycles. The fourth-order valence-electron chi connectivity index (χ4n) is 3.34. The van der Waals surface area contributed by atoms with Gasteiger partial charge in [0, 0.05) is 12.1 Å². The molecule has 1 aliphatic rings. The van der Waals surface area contributed by atoms with Crippen LogP contribution in [0, 0.1) is 0 Å². The molecule has 1 heterocycles. The highest BCUT2D eigenvalue weighted by Gasteiger charge is 2.18. The average molecular weight is 379 g/mol. The van der Waals surface area contributed by atoms with Crippen LogP contribution in [-0.4, -0.2) is 23.1 Å². The van der Waals surface area contributed by atoms with Gasteiger partial charge in [-0.2, -0.15) is 0 Å². The van der Waals surface area contributed by atoms with E-state index in [0.29, 0.717) is 11.8 Å². The van der Waals surface area contributed by atoms with Gasteiger partial charge in [-0.3, -0.25) is 4.99 Å². The molecule has 0 saturated heterocycles. The smallest absolute Gasteiger partial charge is 0.117 e. The summed E-state index contributed by atoms with van der Waals surface area (Å²) in [4.78, 5) is 10.2. The van der Waals surface area contributed by atoms with E-state index in [1.54, 1.807) is 0 Å². The molecule has 142 valence electrons. The van der Waals surface area contributed by atoms with Gasteiger partial charge in [-0.1, -0.05) is 76.2 Å². The Bertz CT molecular complexity index is 793. The Hall–Kier alpha value is -1.87. The molecule has 0 aliphatic carbocycles. The van der Waals surface area contributed by atoms with Crippen molar-refractivity contribution in [2.75, 3.05) is 12.3 Å². The van der Waals surface area contributed by atoms with E-state index in [9.17, 15) is 0 Å². The van der Waals surface area contributed by atoms with Crippen LogP contribution in [0.2, 0.25) is 0 Å². The molecule has 0 amide bonds. The number of aliphatic imine (C=N–C) groups is 2. The number of thioether (sulfide) groups is 1. The molecule has 0 atom stereocenters. The number of hydrogen-bond donors (Lipinski definition) is 0. The predicted molar refractivity (Wildman–Crippen MR) is 121 cm³/mol. The van der Waals surface area contributed by atoms with Crippen molar-refractivity contribution in [2.45, 2.75) is 52.4 Å². The first-order valence-electron chi connectivity index (χ1n) is 10.0. The second kappa shape index (κ2) is 9.36. The lowest BCUT2D eigenvalue weighted by atomic mass is 9.92. The molecule has 0 N–H and O–H groups in total. The Morgan fingerprint density at radius 1 is 0.889 bits per heavy atom. The standard InChI is InChI=1S/C24H30N2S/c1-17(2)20-13-10-14-21(18(3)4)23(20)26-22(19-11-6-5-7-12-19)24-25-15-8-9-16-27-24/h5-7,10-14,17-18H,8-9,15-16H2,1-4H3. The van der Waals surface area contributed by atoms with Crippen molar-refractivity contribution in [3.8, 4) is 0 Å². The summed E-state index contributed by atoms with van der Waals surface area (Å²) in [5, 5.41) is 1.09. The Kier molecular flexibility index (Phi) is 6.89. The van der Waals surface area contributed by atoms with Crippen molar-refractivity contribution in [1.29, 1.82) is 0 Å². The van der Waals surface area contributed by atoms with Gasteiger partial charge in [0.05, 0.1) is 5.69 Å². The van der Waals surface area contributed by atoms with Gasteiger partial charge >= 0.3 is 0 Å². The Labute approximate surface area is 168 Å². The van der Waals surface area contributed by atoms with E-state index in [2.05, 4.69) is 76.2 Å². The molecule has 2 aromatic carbocycles. The van der Waals surface area contributed by atoms with E-state index < -0.39 is 0 Å². The topological polar surface area (TPSA) is 24.7 Å². The zero-order chi connectivity index (χ0) is 19.2. The van der Waals surface area contributed by atoms with Gasteiger partial charge in [0.25, 0.3) is 0 Å². The summed E-state index contributed by atoms with van der Waals surface area (Å²) in [5.41, 5.74) is 5.94. The fraction of sp³-hybridized carbons (Fsp3) is 0.417. The summed E-state index contributed by atoms with van der Waals surface area (Å²) < 4.78 is 0. The van der Waals surface area contributed by atoms with E-state index in [1.807, 2.05) is 11.8 Å². The normalized spacial score (nSPS) is 15.8. The predicted octanol–water partition coefficient (Wildman–Crippen LogP) is 6.98. The van der Waals surface area contributed by atoms with Crippen molar-refractivity contribution in [1.82, 2.24) is 0 Å². The van der Waals surface area contributed by atoms with Crippen LogP contribution in [0.3, 0.4) is 0 Å². The number of benzene rings is 2. The second-order valence-corrected chi connectivity index (χ2v) is 8.75. The third-order valence-electron chi connectivity index (χ3n) is 4.86. The largest absolute Gasteiger partial charge is 0.276 e. The zero-order valence-electron chi connectivity index (χ0n) is 16.9. The van der Waals surface area contributed by atoms with Crippen LogP contribution in [-0.2, 0) is 0 Å². The first-order valence-corrected chi connectivity index (χ1v) is 11.0. The number of rotatable bonds is 5. The van der Waals surface area contributed by atoms with Gasteiger partial charge in [0.1, 0.15) is 10.8 Å². The molecule has 2 nitrogen and oxygen atoms in total. The van der Waals surface area contributed by atoms with Gasteiger partial charge in [-0.05, 0) is 41.6 Å². The number of hydrogen-bond acceptors (Lipinski definition) is 3. The average Bonchev–Trinajstić information content (AvgIpc) is 2.95. The lowest BCUT2D eigenvalue weighted by Gasteiger charge is -2.18. The van der Waals surface area contributed by atoms with Crippen molar-refractivity contribution in [3.05, 3.63) is 65.2 Å². The van der Waals surface area contributed by atoms with E-state index >= 15 is 0 Å². The minimum atomic E-state index is 0.434. The van der Waals surface area contributed by atoms with Crippen LogP contribution < -0.4 is 0 Å². The molecule has 3 rings (SSSR count). The molecule has 0 aromatic heterocycles. The molecular weight excluding hydrogens is 348 g/mol. The molecule has 2 aromatic rings. The van der Waals surface area contributed by atoms with Gasteiger partial charge in [-0.25, -0.2) is 4.99 Å². The quantitative estimate of drug-likeness (QED) is 0.515. The van der Waals surface area contributed by atoms with Crippen LogP contribution in [0.15, 0.2) is 58.5 Å². The van der Waals surface area contributed by atoms with Crippen LogP contribution in [0.25, 0.3) is 0 Å². The summed E-state index contributed by atoms with van der Waals surface area (Å²) >= 11 is 1.85. The Morgan fingerprint density at radius 2 is 1.56 bits per heavy atom. The fourth-order valence-corrected chi connectivity index (χ4v) is 4.36. The summed E-state index contributed by atoms with van der Waals surface area (Å²) in [6.07, 6.45) is 2.39. The Morgan fingerprint density at radius 3 is 2.19 bits per heavy atom. The minimum Gasteiger partial charge on any atom is -0.276 e. The summed E-state index contributed by atoms with van der Waals surface area (Å²) in [7, 11) is 0. The lowest BCUT2D eigenvalue weighted by molar-refractivity contribution is 0.824. The Balaban J connectivity index is 2.21. The van der Waals surface area contributed by atoms with Gasteiger partial charge < -0.3 is 0 Å². The minimum absolute atomic E-state index is 0.434. The van der Waals surface area contributed by atoms with Crippen molar-refractivity contribution in [3.63, 3.8) is 0 Å². The molecule has 0 fully saturated rings. The highest BCUT2D eigenvalue weighted by molar-refractivity contribution is 8.15. The summed E-state index contributed by atoms with van der Waals surface area (Å²) in [6.45, 7) is 9.89. The molecule has 0 spiro atoms. The lowest BCUT2D eigenvalue weighted by Crippen LogP contribution is -2.13. The van der Waals surface area contributed by atoms with E-state index in [1.165, 1.54) is 24.0 Å². The number of nitrogens with zero attached hydrogens (tertiary/aromatic N) is 2. The first kappa shape index (κ1) is 19.9. The molecule has 27 heavy (non-hydrogen) atoms.